The number of benzene rings is 3. The highest BCUT2D eigenvalue weighted by Gasteiger charge is 2.49. The third kappa shape index (κ3) is 3.34. The summed E-state index contributed by atoms with van der Waals surface area (Å²) in [6, 6.07) is 24.9. The molecule has 2 aliphatic heterocycles. The smallest absolute Gasteiger partial charge is 0.138 e. The normalized spacial score (nSPS) is 19.4. The number of nitrogens with zero attached hydrogens (tertiary/aromatic N) is 1. The molecular weight excluding hydrogens is 363 g/mol. The molecule has 0 aromatic heterocycles. The number of rotatable bonds is 3. The highest BCUT2D eigenvalue weighted by atomic mass is 19.1. The Bertz CT molecular complexity index is 986. The molecule has 2 heterocycles. The van der Waals surface area contributed by atoms with Gasteiger partial charge in [0, 0.05) is 29.5 Å². The van der Waals surface area contributed by atoms with E-state index in [0.29, 0.717) is 0 Å². The summed E-state index contributed by atoms with van der Waals surface area (Å²) >= 11 is 0. The molecule has 29 heavy (non-hydrogen) atoms. The van der Waals surface area contributed by atoms with E-state index >= 15 is 0 Å². The van der Waals surface area contributed by atoms with E-state index in [-0.39, 0.29) is 11.9 Å². The van der Waals surface area contributed by atoms with Crippen LogP contribution in [0.3, 0.4) is 0 Å². The molecule has 1 atom stereocenters. The zero-order valence-electron chi connectivity index (χ0n) is 16.1. The van der Waals surface area contributed by atoms with Crippen LogP contribution in [-0.4, -0.2) is 24.4 Å². The van der Waals surface area contributed by atoms with E-state index in [9.17, 15) is 4.39 Å². The lowest BCUT2D eigenvalue weighted by Gasteiger charge is -2.36. The average Bonchev–Trinajstić information content (AvgIpc) is 3.05. The van der Waals surface area contributed by atoms with Crippen molar-refractivity contribution >= 4 is 5.71 Å². The predicted octanol–water partition coefficient (Wildman–Crippen LogP) is 4.92. The van der Waals surface area contributed by atoms with Gasteiger partial charge in [-0.05, 0) is 31.3 Å². The zero-order valence-corrected chi connectivity index (χ0v) is 16.1. The maximum absolute atomic E-state index is 14.2. The lowest BCUT2D eigenvalue weighted by Crippen LogP contribution is -2.47. The monoisotopic (exact) mass is 386 g/mol. The molecule has 1 spiro atoms. The van der Waals surface area contributed by atoms with Crippen molar-refractivity contribution in [3.8, 4) is 5.75 Å². The highest BCUT2D eigenvalue weighted by molar-refractivity contribution is 6.13. The van der Waals surface area contributed by atoms with Gasteiger partial charge in [-0.2, -0.15) is 0 Å². The SMILES string of the molecule is Fc1ccc2c(c1)[C@@H](N=C(c1ccccc1)c1ccccc1)C1(CCNCC1)O2. The molecule has 2 aliphatic rings. The van der Waals surface area contributed by atoms with Gasteiger partial charge in [-0.1, -0.05) is 60.7 Å². The molecule has 0 bridgehead atoms. The van der Waals surface area contributed by atoms with Crippen molar-refractivity contribution in [1.29, 1.82) is 0 Å². The molecule has 1 fully saturated rings. The van der Waals surface area contributed by atoms with Gasteiger partial charge in [0.15, 0.2) is 0 Å². The second-order valence-corrected chi connectivity index (χ2v) is 7.71. The summed E-state index contributed by atoms with van der Waals surface area (Å²) in [5, 5.41) is 3.41. The van der Waals surface area contributed by atoms with E-state index in [1.165, 1.54) is 6.07 Å². The Morgan fingerprint density at radius 3 is 2.14 bits per heavy atom. The largest absolute Gasteiger partial charge is 0.484 e. The summed E-state index contributed by atoms with van der Waals surface area (Å²) in [5.41, 5.74) is 3.42. The van der Waals surface area contributed by atoms with Crippen LogP contribution in [0.25, 0.3) is 0 Å². The second-order valence-electron chi connectivity index (χ2n) is 7.71. The van der Waals surface area contributed by atoms with Gasteiger partial charge >= 0.3 is 0 Å². The Balaban J connectivity index is 1.69. The minimum absolute atomic E-state index is 0.245. The standard InChI is InChI=1S/C25H23FN2O/c26-20-11-12-22-21(17-20)24(25(29-22)13-15-27-16-14-25)28-23(18-7-3-1-4-8-18)19-9-5-2-6-10-19/h1-12,17,24,27H,13-16H2/t24-/m1/s1. The molecule has 1 saturated heterocycles. The number of hydrogen-bond donors (Lipinski definition) is 1. The van der Waals surface area contributed by atoms with Crippen molar-refractivity contribution in [2.24, 2.45) is 4.99 Å². The van der Waals surface area contributed by atoms with Gasteiger partial charge in [-0.15, -0.1) is 0 Å². The number of piperidine rings is 1. The number of nitrogens with one attached hydrogen (secondary N) is 1. The molecule has 3 nitrogen and oxygen atoms in total. The van der Waals surface area contributed by atoms with Crippen molar-refractivity contribution in [3.05, 3.63) is 101 Å². The Hall–Kier alpha value is -2.98. The quantitative estimate of drug-likeness (QED) is 0.649. The van der Waals surface area contributed by atoms with Crippen LogP contribution in [0.15, 0.2) is 83.9 Å². The van der Waals surface area contributed by atoms with Crippen LogP contribution in [0.5, 0.6) is 5.75 Å². The maximum atomic E-state index is 14.2. The molecule has 146 valence electrons. The molecule has 1 N–H and O–H groups in total. The Morgan fingerprint density at radius 1 is 0.897 bits per heavy atom. The molecular formula is C25H23FN2O. The predicted molar refractivity (Wildman–Crippen MR) is 113 cm³/mol. The van der Waals surface area contributed by atoms with E-state index in [4.69, 9.17) is 9.73 Å². The number of aliphatic imine (C=N–C) groups is 1. The lowest BCUT2D eigenvalue weighted by molar-refractivity contribution is 0.0377. The van der Waals surface area contributed by atoms with Gasteiger partial charge in [0.2, 0.25) is 0 Å². The Labute approximate surface area is 170 Å². The minimum Gasteiger partial charge on any atom is -0.484 e. The van der Waals surface area contributed by atoms with Gasteiger partial charge in [0.1, 0.15) is 23.2 Å². The van der Waals surface area contributed by atoms with Crippen molar-refractivity contribution in [3.63, 3.8) is 0 Å². The van der Waals surface area contributed by atoms with Gasteiger partial charge in [-0.25, -0.2) is 4.39 Å². The topological polar surface area (TPSA) is 33.6 Å². The summed E-state index contributed by atoms with van der Waals surface area (Å²) in [6.07, 6.45) is 1.68. The number of hydrogen-bond acceptors (Lipinski definition) is 3. The summed E-state index contributed by atoms with van der Waals surface area (Å²) in [7, 11) is 0. The summed E-state index contributed by atoms with van der Waals surface area (Å²) in [5.74, 6) is 0.502. The van der Waals surface area contributed by atoms with Gasteiger partial charge < -0.3 is 10.1 Å². The summed E-state index contributed by atoms with van der Waals surface area (Å²) in [4.78, 5) is 5.27. The summed E-state index contributed by atoms with van der Waals surface area (Å²) < 4.78 is 20.6. The minimum atomic E-state index is -0.434. The molecule has 4 heteroatoms. The Morgan fingerprint density at radius 2 is 1.52 bits per heavy atom. The summed E-state index contributed by atoms with van der Waals surface area (Å²) in [6.45, 7) is 1.74. The molecule has 0 unspecified atom stereocenters. The van der Waals surface area contributed by atoms with Gasteiger partial charge in [0.25, 0.3) is 0 Å². The van der Waals surface area contributed by atoms with E-state index in [2.05, 4.69) is 29.6 Å². The number of fused-ring (bicyclic) bond motifs is 1. The van der Waals surface area contributed by atoms with Crippen LogP contribution in [0.4, 0.5) is 4.39 Å². The third-order valence-electron chi connectivity index (χ3n) is 5.88. The fraction of sp³-hybridized carbons (Fsp3) is 0.240. The van der Waals surface area contributed by atoms with Gasteiger partial charge in [0.05, 0.1) is 5.71 Å². The van der Waals surface area contributed by atoms with Crippen molar-refractivity contribution in [1.82, 2.24) is 5.32 Å². The Kier molecular flexibility index (Phi) is 4.64. The van der Waals surface area contributed by atoms with Crippen molar-refractivity contribution < 1.29 is 9.13 Å². The van der Waals surface area contributed by atoms with E-state index in [0.717, 1.165) is 54.1 Å². The van der Waals surface area contributed by atoms with Gasteiger partial charge in [-0.3, -0.25) is 4.99 Å². The third-order valence-corrected chi connectivity index (χ3v) is 5.88. The number of ether oxygens (including phenoxy) is 1. The van der Waals surface area contributed by atoms with Crippen LogP contribution >= 0.6 is 0 Å². The van der Waals surface area contributed by atoms with E-state index < -0.39 is 5.60 Å². The second kappa shape index (κ2) is 7.45. The zero-order chi connectivity index (χ0) is 19.7. The molecule has 0 amide bonds. The fourth-order valence-corrected chi connectivity index (χ4v) is 4.43. The van der Waals surface area contributed by atoms with Crippen LogP contribution in [0.2, 0.25) is 0 Å². The first kappa shape index (κ1) is 18.1. The van der Waals surface area contributed by atoms with Crippen LogP contribution < -0.4 is 10.1 Å². The molecule has 0 radical (unpaired) electrons. The average molecular weight is 386 g/mol. The first-order valence-electron chi connectivity index (χ1n) is 10.1. The van der Waals surface area contributed by atoms with Crippen LogP contribution in [0.1, 0.15) is 35.6 Å². The maximum Gasteiger partial charge on any atom is 0.138 e. The number of halogens is 1. The lowest BCUT2D eigenvalue weighted by atomic mass is 9.83. The van der Waals surface area contributed by atoms with Crippen molar-refractivity contribution in [2.45, 2.75) is 24.5 Å². The van der Waals surface area contributed by atoms with E-state index in [1.54, 1.807) is 12.1 Å². The van der Waals surface area contributed by atoms with Crippen molar-refractivity contribution in [2.75, 3.05) is 13.1 Å². The molecule has 5 rings (SSSR count). The molecule has 3 aromatic carbocycles. The molecule has 0 saturated carbocycles. The molecule has 3 aromatic rings. The van der Waals surface area contributed by atoms with E-state index in [1.807, 2.05) is 36.4 Å². The highest BCUT2D eigenvalue weighted by Crippen LogP contribution is 2.50. The molecule has 0 aliphatic carbocycles. The van der Waals surface area contributed by atoms with Crippen LogP contribution in [-0.2, 0) is 0 Å². The van der Waals surface area contributed by atoms with Crippen LogP contribution in [0, 0.1) is 5.82 Å². The first-order chi connectivity index (χ1) is 14.3. The first-order valence-corrected chi connectivity index (χ1v) is 10.1. The fourth-order valence-electron chi connectivity index (χ4n) is 4.43.